The van der Waals surface area contributed by atoms with E-state index in [9.17, 15) is 9.59 Å². The summed E-state index contributed by atoms with van der Waals surface area (Å²) in [5, 5.41) is 7.00. The molecule has 1 aromatic carbocycles. The van der Waals surface area contributed by atoms with Gasteiger partial charge in [-0.2, -0.15) is 0 Å². The molecule has 0 aliphatic rings. The second-order valence-electron chi connectivity index (χ2n) is 6.26. The number of thioether (sulfide) groups is 1. The Kier molecular flexibility index (Phi) is 9.05. The van der Waals surface area contributed by atoms with E-state index in [2.05, 4.69) is 20.5 Å². The van der Waals surface area contributed by atoms with E-state index in [0.717, 1.165) is 13.0 Å². The van der Waals surface area contributed by atoms with Crippen LogP contribution < -0.4 is 10.6 Å². The third kappa shape index (κ3) is 7.67. The van der Waals surface area contributed by atoms with Gasteiger partial charge in [-0.3, -0.25) is 9.59 Å². The molecule has 0 spiro atoms. The number of pyridine rings is 1. The number of nitrogens with one attached hydrogen (secondary N) is 2. The molecule has 2 rings (SSSR count). The van der Waals surface area contributed by atoms with Crippen LogP contribution >= 0.6 is 35.0 Å². The molecule has 0 saturated carbocycles. The van der Waals surface area contributed by atoms with Crippen molar-refractivity contribution in [3.63, 3.8) is 0 Å². The first-order valence-electron chi connectivity index (χ1n) is 8.62. The zero-order valence-electron chi connectivity index (χ0n) is 15.7. The smallest absolute Gasteiger partial charge is 0.254 e. The molecule has 28 heavy (non-hydrogen) atoms. The minimum atomic E-state index is -0.244. The Labute approximate surface area is 179 Å². The molecule has 6 nitrogen and oxygen atoms in total. The molecular weight excluding hydrogens is 419 g/mol. The van der Waals surface area contributed by atoms with Crippen LogP contribution in [0, 0.1) is 0 Å². The maximum absolute atomic E-state index is 12.4. The number of hydrogen-bond acceptors (Lipinski definition) is 5. The lowest BCUT2D eigenvalue weighted by atomic mass is 10.2. The highest BCUT2D eigenvalue weighted by atomic mass is 35.5. The van der Waals surface area contributed by atoms with Gasteiger partial charge in [0.15, 0.2) is 0 Å². The average Bonchev–Trinajstić information content (AvgIpc) is 2.62. The van der Waals surface area contributed by atoms with Crippen LogP contribution in [0.1, 0.15) is 16.8 Å². The largest absolute Gasteiger partial charge is 0.352 e. The number of anilines is 1. The van der Waals surface area contributed by atoms with Crippen LogP contribution in [0.3, 0.4) is 0 Å². The first kappa shape index (κ1) is 22.5. The van der Waals surface area contributed by atoms with Gasteiger partial charge in [0.05, 0.1) is 11.3 Å². The van der Waals surface area contributed by atoms with Crippen molar-refractivity contribution in [1.29, 1.82) is 0 Å². The number of carbonyl (C=O) groups excluding carboxylic acids is 2. The molecule has 0 saturated heterocycles. The SMILES string of the molecule is CN(C)CCCNC(=O)c1cccnc1SCC(=O)Nc1cc(Cl)cc(Cl)c1. The number of rotatable bonds is 9. The van der Waals surface area contributed by atoms with Gasteiger partial charge in [-0.25, -0.2) is 4.98 Å². The van der Waals surface area contributed by atoms with Gasteiger partial charge >= 0.3 is 0 Å². The first-order valence-corrected chi connectivity index (χ1v) is 10.4. The molecule has 0 fully saturated rings. The van der Waals surface area contributed by atoms with E-state index in [0.29, 0.717) is 32.9 Å². The second kappa shape index (κ2) is 11.3. The number of halogens is 2. The van der Waals surface area contributed by atoms with E-state index in [4.69, 9.17) is 23.2 Å². The van der Waals surface area contributed by atoms with Crippen LogP contribution in [0.25, 0.3) is 0 Å². The molecule has 0 unspecified atom stereocenters. The predicted octanol–water partition coefficient (Wildman–Crippen LogP) is 3.80. The summed E-state index contributed by atoms with van der Waals surface area (Å²) in [6, 6.07) is 8.22. The lowest BCUT2D eigenvalue weighted by Gasteiger charge is -2.11. The molecule has 1 heterocycles. The number of benzene rings is 1. The Morgan fingerprint density at radius 3 is 2.57 bits per heavy atom. The van der Waals surface area contributed by atoms with E-state index in [1.807, 2.05) is 14.1 Å². The van der Waals surface area contributed by atoms with Crippen molar-refractivity contribution in [1.82, 2.24) is 15.2 Å². The van der Waals surface area contributed by atoms with Crippen molar-refractivity contribution < 1.29 is 9.59 Å². The van der Waals surface area contributed by atoms with E-state index in [-0.39, 0.29) is 17.6 Å². The van der Waals surface area contributed by atoms with E-state index in [1.165, 1.54) is 11.8 Å². The van der Waals surface area contributed by atoms with Crippen LogP contribution in [0.15, 0.2) is 41.6 Å². The van der Waals surface area contributed by atoms with Gasteiger partial charge < -0.3 is 15.5 Å². The average molecular weight is 441 g/mol. The zero-order chi connectivity index (χ0) is 20.5. The van der Waals surface area contributed by atoms with Crippen molar-refractivity contribution in [2.24, 2.45) is 0 Å². The van der Waals surface area contributed by atoms with Crippen LogP contribution in [0.4, 0.5) is 5.69 Å². The molecule has 0 radical (unpaired) electrons. The minimum absolute atomic E-state index is 0.0993. The molecule has 0 aliphatic carbocycles. The fourth-order valence-corrected chi connectivity index (χ4v) is 3.65. The molecule has 1 aromatic heterocycles. The molecule has 2 amide bonds. The summed E-state index contributed by atoms with van der Waals surface area (Å²) in [6.07, 6.45) is 2.45. The van der Waals surface area contributed by atoms with Crippen molar-refractivity contribution >= 4 is 52.5 Å². The maximum atomic E-state index is 12.4. The molecule has 0 atom stereocenters. The molecule has 2 N–H and O–H groups in total. The Morgan fingerprint density at radius 1 is 1.18 bits per heavy atom. The predicted molar refractivity (Wildman–Crippen MR) is 116 cm³/mol. The molecular formula is C19H22Cl2N4O2S. The molecule has 0 bridgehead atoms. The Hall–Kier alpha value is -1.80. The molecule has 2 aromatic rings. The number of hydrogen-bond donors (Lipinski definition) is 2. The third-order valence-electron chi connectivity index (χ3n) is 3.57. The molecule has 9 heteroatoms. The summed E-state index contributed by atoms with van der Waals surface area (Å²) in [7, 11) is 3.97. The van der Waals surface area contributed by atoms with E-state index in [1.54, 1.807) is 36.5 Å². The highest BCUT2D eigenvalue weighted by molar-refractivity contribution is 8.00. The molecule has 0 aliphatic heterocycles. The van der Waals surface area contributed by atoms with Crippen molar-refractivity contribution in [3.8, 4) is 0 Å². The summed E-state index contributed by atoms with van der Waals surface area (Å²) >= 11 is 13.1. The lowest BCUT2D eigenvalue weighted by Crippen LogP contribution is -2.27. The Balaban J connectivity index is 1.91. The van der Waals surface area contributed by atoms with Gasteiger partial charge in [0.2, 0.25) is 5.91 Å². The van der Waals surface area contributed by atoms with Gasteiger partial charge in [0.1, 0.15) is 5.03 Å². The topological polar surface area (TPSA) is 74.3 Å². The van der Waals surface area contributed by atoms with E-state index >= 15 is 0 Å². The summed E-state index contributed by atoms with van der Waals surface area (Å²) < 4.78 is 0. The van der Waals surface area contributed by atoms with Gasteiger partial charge in [-0.05, 0) is 57.4 Å². The number of amides is 2. The fraction of sp³-hybridized carbons (Fsp3) is 0.316. The lowest BCUT2D eigenvalue weighted by molar-refractivity contribution is -0.113. The Bertz CT molecular complexity index is 813. The summed E-state index contributed by atoms with van der Waals surface area (Å²) in [5.74, 6) is -0.343. The van der Waals surface area contributed by atoms with Crippen LogP contribution in [-0.4, -0.2) is 54.6 Å². The maximum Gasteiger partial charge on any atom is 0.254 e. The zero-order valence-corrected chi connectivity index (χ0v) is 18.0. The number of nitrogens with zero attached hydrogens (tertiary/aromatic N) is 2. The van der Waals surface area contributed by atoms with E-state index < -0.39 is 0 Å². The second-order valence-corrected chi connectivity index (χ2v) is 8.10. The standard InChI is InChI=1S/C19H22Cl2N4O2S/c1-25(2)8-4-7-22-18(27)16-5-3-6-23-19(16)28-12-17(26)24-15-10-13(20)9-14(21)11-15/h3,5-6,9-11H,4,7-8,12H2,1-2H3,(H,22,27)(H,24,26). The summed E-state index contributed by atoms with van der Waals surface area (Å²) in [6.45, 7) is 1.47. The van der Waals surface area contributed by atoms with Crippen LogP contribution in [0.2, 0.25) is 10.0 Å². The number of carbonyl (C=O) groups is 2. The quantitative estimate of drug-likeness (QED) is 0.458. The van der Waals surface area contributed by atoms with Crippen molar-refractivity contribution in [2.45, 2.75) is 11.4 Å². The van der Waals surface area contributed by atoms with Gasteiger partial charge in [-0.15, -0.1) is 0 Å². The van der Waals surface area contributed by atoms with Gasteiger partial charge in [0, 0.05) is 28.5 Å². The first-order chi connectivity index (χ1) is 13.3. The highest BCUT2D eigenvalue weighted by Crippen LogP contribution is 2.24. The monoisotopic (exact) mass is 440 g/mol. The fourth-order valence-electron chi connectivity index (χ4n) is 2.33. The third-order valence-corrected chi connectivity index (χ3v) is 5.01. The Morgan fingerprint density at radius 2 is 1.89 bits per heavy atom. The van der Waals surface area contributed by atoms with Crippen LogP contribution in [0.5, 0.6) is 0 Å². The normalized spacial score (nSPS) is 10.8. The summed E-state index contributed by atoms with van der Waals surface area (Å²) in [4.78, 5) is 30.9. The molecule has 150 valence electrons. The van der Waals surface area contributed by atoms with Gasteiger partial charge in [0.25, 0.3) is 5.91 Å². The van der Waals surface area contributed by atoms with Crippen molar-refractivity contribution in [3.05, 3.63) is 52.1 Å². The van der Waals surface area contributed by atoms with Crippen molar-refractivity contribution in [2.75, 3.05) is 38.3 Å². The number of aromatic nitrogens is 1. The highest BCUT2D eigenvalue weighted by Gasteiger charge is 2.14. The minimum Gasteiger partial charge on any atom is -0.352 e. The van der Waals surface area contributed by atoms with Gasteiger partial charge in [-0.1, -0.05) is 35.0 Å². The van der Waals surface area contributed by atoms with Crippen LogP contribution in [-0.2, 0) is 4.79 Å². The summed E-state index contributed by atoms with van der Waals surface area (Å²) in [5.41, 5.74) is 0.971.